The number of ether oxygens (including phenoxy) is 1. The van der Waals surface area contributed by atoms with Crippen LogP contribution in [-0.2, 0) is 16.0 Å². The molecule has 1 saturated heterocycles. The standard InChI is InChI=1S/C14H23N3O3/c1-4-17-5-6-19-12(9-17)14-15-13(20-16-14)8-11(18)7-10(2)3/h10,12H,4-9H2,1-3H3. The van der Waals surface area contributed by atoms with Crippen LogP contribution in [0.1, 0.15) is 45.0 Å². The van der Waals surface area contributed by atoms with E-state index >= 15 is 0 Å². The maximum atomic E-state index is 11.7. The van der Waals surface area contributed by atoms with Crippen molar-refractivity contribution in [2.24, 2.45) is 5.92 Å². The van der Waals surface area contributed by atoms with Crippen molar-refractivity contribution in [1.82, 2.24) is 15.0 Å². The summed E-state index contributed by atoms with van der Waals surface area (Å²) >= 11 is 0. The molecular weight excluding hydrogens is 258 g/mol. The van der Waals surface area contributed by atoms with Crippen LogP contribution < -0.4 is 0 Å². The zero-order valence-corrected chi connectivity index (χ0v) is 12.5. The molecule has 1 unspecified atom stereocenters. The van der Waals surface area contributed by atoms with Gasteiger partial charge in [-0.15, -0.1) is 0 Å². The first-order valence-electron chi connectivity index (χ1n) is 7.26. The number of hydrogen-bond acceptors (Lipinski definition) is 6. The molecule has 0 N–H and O–H groups in total. The average molecular weight is 281 g/mol. The summed E-state index contributed by atoms with van der Waals surface area (Å²) in [5, 5.41) is 3.95. The Labute approximate surface area is 119 Å². The summed E-state index contributed by atoms with van der Waals surface area (Å²) in [6, 6.07) is 0. The number of nitrogens with zero attached hydrogens (tertiary/aromatic N) is 3. The number of aromatic nitrogens is 2. The first-order chi connectivity index (χ1) is 9.58. The van der Waals surface area contributed by atoms with Crippen LogP contribution in [0.4, 0.5) is 0 Å². The molecule has 1 aliphatic heterocycles. The minimum Gasteiger partial charge on any atom is -0.367 e. The van der Waals surface area contributed by atoms with E-state index in [-0.39, 0.29) is 18.3 Å². The molecule has 1 aromatic rings. The molecule has 0 aromatic carbocycles. The van der Waals surface area contributed by atoms with Gasteiger partial charge in [-0.1, -0.05) is 25.9 Å². The van der Waals surface area contributed by atoms with Gasteiger partial charge in [-0.3, -0.25) is 9.69 Å². The fourth-order valence-corrected chi connectivity index (χ4v) is 2.31. The minimum atomic E-state index is -0.151. The number of ketones is 1. The van der Waals surface area contributed by atoms with E-state index < -0.39 is 0 Å². The fourth-order valence-electron chi connectivity index (χ4n) is 2.31. The van der Waals surface area contributed by atoms with Crippen molar-refractivity contribution in [3.63, 3.8) is 0 Å². The van der Waals surface area contributed by atoms with Gasteiger partial charge in [0.05, 0.1) is 13.0 Å². The monoisotopic (exact) mass is 281 g/mol. The lowest BCUT2D eigenvalue weighted by molar-refractivity contribution is -0.119. The van der Waals surface area contributed by atoms with Crippen LogP contribution in [0.25, 0.3) is 0 Å². The van der Waals surface area contributed by atoms with Crippen molar-refractivity contribution in [2.45, 2.75) is 39.7 Å². The molecule has 0 bridgehead atoms. The predicted octanol–water partition coefficient (Wildman–Crippen LogP) is 1.62. The fraction of sp³-hybridized carbons (Fsp3) is 0.786. The minimum absolute atomic E-state index is 0.134. The quantitative estimate of drug-likeness (QED) is 0.789. The van der Waals surface area contributed by atoms with Crippen LogP contribution in [0, 0.1) is 5.92 Å². The summed E-state index contributed by atoms with van der Waals surface area (Å²) < 4.78 is 10.8. The summed E-state index contributed by atoms with van der Waals surface area (Å²) in [4.78, 5) is 18.3. The Morgan fingerprint density at radius 1 is 1.50 bits per heavy atom. The highest BCUT2D eigenvalue weighted by atomic mass is 16.5. The first kappa shape index (κ1) is 15.1. The van der Waals surface area contributed by atoms with Crippen molar-refractivity contribution in [2.75, 3.05) is 26.2 Å². The zero-order chi connectivity index (χ0) is 14.5. The maximum Gasteiger partial charge on any atom is 0.234 e. The lowest BCUT2D eigenvalue weighted by Gasteiger charge is -2.30. The van der Waals surface area contributed by atoms with Gasteiger partial charge in [-0.05, 0) is 12.5 Å². The smallest absolute Gasteiger partial charge is 0.234 e. The lowest BCUT2D eigenvalue weighted by Crippen LogP contribution is -2.38. The van der Waals surface area contributed by atoms with Gasteiger partial charge in [0.15, 0.2) is 0 Å². The van der Waals surface area contributed by atoms with E-state index in [0.29, 0.717) is 30.7 Å². The molecule has 0 spiro atoms. The molecule has 6 nitrogen and oxygen atoms in total. The van der Waals surface area contributed by atoms with Crippen molar-refractivity contribution in [1.29, 1.82) is 0 Å². The number of Topliss-reactive ketones (excluding diaryl/α,β-unsaturated/α-hetero) is 1. The summed E-state index contributed by atoms with van der Waals surface area (Å²) in [5.41, 5.74) is 0. The number of carbonyl (C=O) groups excluding carboxylic acids is 1. The van der Waals surface area contributed by atoms with Crippen LogP contribution >= 0.6 is 0 Å². The summed E-state index contributed by atoms with van der Waals surface area (Å²) in [6.45, 7) is 9.53. The normalized spacial score (nSPS) is 20.5. The molecule has 1 aromatic heterocycles. The Morgan fingerprint density at radius 2 is 2.30 bits per heavy atom. The zero-order valence-electron chi connectivity index (χ0n) is 12.5. The van der Waals surface area contributed by atoms with Crippen LogP contribution in [0.3, 0.4) is 0 Å². The van der Waals surface area contributed by atoms with Crippen LogP contribution in [0.2, 0.25) is 0 Å². The number of hydrogen-bond donors (Lipinski definition) is 0. The Kier molecular flexibility index (Phi) is 5.25. The molecule has 0 aliphatic carbocycles. The molecule has 0 radical (unpaired) electrons. The number of likely N-dealkylation sites (N-methyl/N-ethyl adjacent to an activating group) is 1. The van der Waals surface area contributed by atoms with Gasteiger partial charge in [-0.2, -0.15) is 4.98 Å². The second-order valence-electron chi connectivity index (χ2n) is 5.61. The highest BCUT2D eigenvalue weighted by Crippen LogP contribution is 2.19. The predicted molar refractivity (Wildman–Crippen MR) is 73.3 cm³/mol. The Balaban J connectivity index is 1.93. The summed E-state index contributed by atoms with van der Waals surface area (Å²) in [6.07, 6.45) is 0.609. The van der Waals surface area contributed by atoms with Gasteiger partial charge in [-0.25, -0.2) is 0 Å². The van der Waals surface area contributed by atoms with Gasteiger partial charge in [0, 0.05) is 19.5 Å². The molecule has 2 rings (SSSR count). The third-order valence-electron chi connectivity index (χ3n) is 3.35. The number of carbonyl (C=O) groups is 1. The molecule has 112 valence electrons. The van der Waals surface area contributed by atoms with Gasteiger partial charge < -0.3 is 9.26 Å². The van der Waals surface area contributed by atoms with E-state index in [1.54, 1.807) is 0 Å². The average Bonchev–Trinajstić information content (AvgIpc) is 2.86. The molecule has 6 heteroatoms. The number of rotatable bonds is 6. The third kappa shape index (κ3) is 4.11. The summed E-state index contributed by atoms with van der Waals surface area (Å²) in [5.74, 6) is 1.43. The largest absolute Gasteiger partial charge is 0.367 e. The van der Waals surface area contributed by atoms with Crippen LogP contribution in [-0.4, -0.2) is 47.1 Å². The molecule has 0 amide bonds. The second-order valence-corrected chi connectivity index (χ2v) is 5.61. The Morgan fingerprint density at radius 3 is 3.00 bits per heavy atom. The lowest BCUT2D eigenvalue weighted by atomic mass is 10.1. The topological polar surface area (TPSA) is 68.5 Å². The van der Waals surface area contributed by atoms with E-state index in [4.69, 9.17) is 9.26 Å². The van der Waals surface area contributed by atoms with E-state index in [1.165, 1.54) is 0 Å². The van der Waals surface area contributed by atoms with Crippen molar-refractivity contribution in [3.8, 4) is 0 Å². The molecule has 1 aliphatic rings. The SMILES string of the molecule is CCN1CCOC(c2noc(CC(=O)CC(C)C)n2)C1. The highest BCUT2D eigenvalue weighted by molar-refractivity contribution is 5.80. The Bertz CT molecular complexity index is 445. The van der Waals surface area contributed by atoms with E-state index in [2.05, 4.69) is 22.0 Å². The van der Waals surface area contributed by atoms with E-state index in [1.807, 2.05) is 13.8 Å². The highest BCUT2D eigenvalue weighted by Gasteiger charge is 2.25. The molecule has 2 heterocycles. The third-order valence-corrected chi connectivity index (χ3v) is 3.35. The van der Waals surface area contributed by atoms with E-state index in [0.717, 1.165) is 19.6 Å². The van der Waals surface area contributed by atoms with Crippen LogP contribution in [0.5, 0.6) is 0 Å². The molecular formula is C14H23N3O3. The maximum absolute atomic E-state index is 11.7. The van der Waals surface area contributed by atoms with Gasteiger partial charge in [0.25, 0.3) is 0 Å². The van der Waals surface area contributed by atoms with Gasteiger partial charge in [0.1, 0.15) is 11.9 Å². The summed E-state index contributed by atoms with van der Waals surface area (Å²) in [7, 11) is 0. The molecule has 0 saturated carbocycles. The molecule has 1 fully saturated rings. The van der Waals surface area contributed by atoms with Crippen molar-refractivity contribution < 1.29 is 14.1 Å². The first-order valence-corrected chi connectivity index (χ1v) is 7.26. The second kappa shape index (κ2) is 6.95. The van der Waals surface area contributed by atoms with E-state index in [9.17, 15) is 4.79 Å². The van der Waals surface area contributed by atoms with Gasteiger partial charge in [0.2, 0.25) is 11.7 Å². The molecule has 20 heavy (non-hydrogen) atoms. The van der Waals surface area contributed by atoms with Crippen LogP contribution in [0.15, 0.2) is 4.52 Å². The Hall–Kier alpha value is -1.27. The van der Waals surface area contributed by atoms with Crippen molar-refractivity contribution in [3.05, 3.63) is 11.7 Å². The van der Waals surface area contributed by atoms with Crippen molar-refractivity contribution >= 4 is 5.78 Å². The number of morpholine rings is 1. The van der Waals surface area contributed by atoms with Gasteiger partial charge >= 0.3 is 0 Å². The molecule has 1 atom stereocenters.